The molecule has 4 N–H and O–H groups in total. The molecule has 1 spiro atoms. The Hall–Kier alpha value is -7.65. The summed E-state index contributed by atoms with van der Waals surface area (Å²) < 4.78 is 45.9. The van der Waals surface area contributed by atoms with Crippen LogP contribution in [0, 0.1) is 11.3 Å². The first-order valence-electron chi connectivity index (χ1n) is 30.5. The molecule has 4 aromatic carbocycles. The lowest BCUT2D eigenvalue weighted by Gasteiger charge is -2.63. The molecule has 6 heterocycles. The maximum atomic E-state index is 15.3. The van der Waals surface area contributed by atoms with Crippen LogP contribution < -0.4 is 39.3 Å². The zero-order valence-corrected chi connectivity index (χ0v) is 52.6. The van der Waals surface area contributed by atoms with Crippen LogP contribution in [0.25, 0.3) is 22.0 Å². The number of aliphatic hydroxyl groups is 2. The maximum Gasteiger partial charge on any atom is 0.344 e. The van der Waals surface area contributed by atoms with Gasteiger partial charge < -0.3 is 63.3 Å². The number of esters is 3. The van der Waals surface area contributed by atoms with E-state index in [4.69, 9.17) is 37.9 Å². The molecule has 88 heavy (non-hydrogen) atoms. The largest absolute Gasteiger partial charge is 0.496 e. The van der Waals surface area contributed by atoms with Crippen LogP contribution >= 0.6 is 0 Å². The number of amides is 1. The first kappa shape index (κ1) is 62.0. The SMILES string of the molecule is CC[C@]1(O)C[C@@H]2C[N@@](CCc3c([nH]c4ccccc34)[C@@](C(=O)OC)(c3cc4c(cc3OC)N(C)[C@H]3[C@@](O)(C(=O)OC)[C@H](OC(C)=O)[C@]5(CC)C=CCN6CC[C@]43[C@@H]65)C2)C1.COc1cc2c(c(OC)c1OC)-c1ccc(OC)c(=O)cc1[C@@H](NC(C)=O)CC2. The van der Waals surface area contributed by atoms with Crippen molar-refractivity contribution < 1.29 is 67.3 Å². The van der Waals surface area contributed by atoms with Gasteiger partial charge in [0.2, 0.25) is 22.7 Å². The Morgan fingerprint density at radius 2 is 1.50 bits per heavy atom. The van der Waals surface area contributed by atoms with Crippen LogP contribution in [0.4, 0.5) is 5.69 Å². The number of fused-ring (bicyclic) bond motifs is 9. The van der Waals surface area contributed by atoms with Crippen LogP contribution in [0.3, 0.4) is 0 Å². The molecular formula is C68H83N5O15. The van der Waals surface area contributed by atoms with Crippen LogP contribution in [-0.4, -0.2) is 168 Å². The number of anilines is 1. The fourth-order valence-electron chi connectivity index (χ4n) is 17.4. The molecule has 1 aromatic heterocycles. The number of aryl methyl sites for hydroxylation is 1. The molecule has 0 radical (unpaired) electrons. The number of likely N-dealkylation sites (N-methyl/N-ethyl adjacent to an activating group) is 1. The van der Waals surface area contributed by atoms with Gasteiger partial charge in [-0.15, -0.1) is 0 Å². The molecule has 1 saturated carbocycles. The number of para-hydroxylation sites is 1. The summed E-state index contributed by atoms with van der Waals surface area (Å²) in [6.45, 7) is 10.1. The third-order valence-corrected chi connectivity index (χ3v) is 20.7. The van der Waals surface area contributed by atoms with Crippen LogP contribution in [0.15, 0.2) is 77.6 Å². The highest BCUT2D eigenvalue weighted by atomic mass is 16.6. The number of nitrogens with one attached hydrogen (secondary N) is 2. The number of H-pyrrole nitrogens is 1. The molecule has 11 atom stereocenters. The molecule has 5 aromatic rings. The summed E-state index contributed by atoms with van der Waals surface area (Å²) in [4.78, 5) is 77.6. The van der Waals surface area contributed by atoms with Gasteiger partial charge in [-0.05, 0) is 122 Å². The molecular weight excluding hydrogens is 1130 g/mol. The second kappa shape index (κ2) is 23.4. The van der Waals surface area contributed by atoms with Crippen molar-refractivity contribution in [1.29, 1.82) is 0 Å². The standard InChI is InChI=1S/C46H58N4O9.C22H25NO6/c1-8-42(54)23-28-24-45(40(52)57-6,36-30(15-19-49(25-28)26-42)29-13-10-11-14-33(29)47-36)32-21-31-34(22-35(32)56-5)48(4)38-44(31)17-20-50-18-12-16-43(9-2,37(44)50)39(59-27(3)51)46(38,55)41(53)58-7;1-12(24)23-16-8-6-13-10-19(27-3)21(28-4)22(29-5)20(13)14-7-9-18(26-2)17(25)11-15(14)16/h10-14,16,21-22,28,37-39,47,54-55H,8-9,15,17-20,23-26H2,1-7H3;7,9-11,16H,6,8H2,1-5H3,(H,23,24)/t28-,37-,38+,39+,42-,43+,44+,45-,46-;16-/m00/s1. The van der Waals surface area contributed by atoms with Gasteiger partial charge in [-0.2, -0.15) is 0 Å². The highest BCUT2D eigenvalue weighted by molar-refractivity contribution is 5.95. The van der Waals surface area contributed by atoms with Gasteiger partial charge >= 0.3 is 17.9 Å². The summed E-state index contributed by atoms with van der Waals surface area (Å²) in [5.74, 6) is 0.0421. The van der Waals surface area contributed by atoms with Crippen molar-refractivity contribution in [2.24, 2.45) is 11.3 Å². The number of carbonyl (C=O) groups is 4. The number of hydrogen-bond donors (Lipinski definition) is 4. The molecule has 470 valence electrons. The van der Waals surface area contributed by atoms with E-state index in [-0.39, 0.29) is 35.1 Å². The molecule has 12 rings (SSSR count). The molecule has 5 aliphatic heterocycles. The maximum absolute atomic E-state index is 15.3. The molecule has 2 saturated heterocycles. The minimum absolute atomic E-state index is 0.0986. The van der Waals surface area contributed by atoms with Gasteiger partial charge in [0.25, 0.3) is 0 Å². The van der Waals surface area contributed by atoms with Gasteiger partial charge in [0, 0.05) is 103 Å². The van der Waals surface area contributed by atoms with Gasteiger partial charge in [0.1, 0.15) is 11.2 Å². The molecule has 2 bridgehead atoms. The number of carbonyl (C=O) groups excluding carboxylic acids is 4. The van der Waals surface area contributed by atoms with Crippen LogP contribution in [0.1, 0.15) is 106 Å². The Bertz CT molecular complexity index is 3700. The van der Waals surface area contributed by atoms with E-state index in [0.717, 1.165) is 50.1 Å². The third-order valence-electron chi connectivity index (χ3n) is 20.7. The summed E-state index contributed by atoms with van der Waals surface area (Å²) in [7, 11) is 12.3. The molecule has 2 aliphatic carbocycles. The van der Waals surface area contributed by atoms with Crippen LogP contribution in [-0.2, 0) is 57.1 Å². The number of rotatable bonds is 12. The molecule has 3 fully saturated rings. The van der Waals surface area contributed by atoms with Crippen molar-refractivity contribution in [2.75, 3.05) is 94.4 Å². The summed E-state index contributed by atoms with van der Waals surface area (Å²) in [5.41, 5.74) is 1.39. The van der Waals surface area contributed by atoms with E-state index in [1.54, 1.807) is 34.5 Å². The Labute approximate surface area is 513 Å². The minimum atomic E-state index is -2.30. The topological polar surface area (TPSA) is 237 Å². The van der Waals surface area contributed by atoms with Crippen molar-refractivity contribution in [1.82, 2.24) is 20.1 Å². The number of methoxy groups -OCH3 is 7. The van der Waals surface area contributed by atoms with E-state index in [9.17, 15) is 29.4 Å². The van der Waals surface area contributed by atoms with E-state index in [1.807, 2.05) is 62.2 Å². The zero-order valence-electron chi connectivity index (χ0n) is 52.6. The van der Waals surface area contributed by atoms with Crippen molar-refractivity contribution in [2.45, 2.75) is 125 Å². The van der Waals surface area contributed by atoms with E-state index in [2.05, 4.69) is 44.4 Å². The lowest BCUT2D eigenvalue weighted by molar-refractivity contribution is -0.228. The second-order valence-corrected chi connectivity index (χ2v) is 25.0. The third kappa shape index (κ3) is 9.31. The number of nitrogens with zero attached hydrogens (tertiary/aromatic N) is 3. The number of hydrogen-bond acceptors (Lipinski definition) is 18. The Kier molecular flexibility index (Phi) is 16.5. The van der Waals surface area contributed by atoms with E-state index in [0.29, 0.717) is 118 Å². The lowest BCUT2D eigenvalue weighted by atomic mass is 9.47. The van der Waals surface area contributed by atoms with Crippen LogP contribution in [0.5, 0.6) is 28.7 Å². The van der Waals surface area contributed by atoms with Crippen molar-refractivity contribution >= 4 is 40.4 Å². The van der Waals surface area contributed by atoms with Crippen molar-refractivity contribution in [3.05, 3.63) is 117 Å². The lowest BCUT2D eigenvalue weighted by Crippen LogP contribution is -2.81. The molecule has 20 nitrogen and oxygen atoms in total. The van der Waals surface area contributed by atoms with Gasteiger partial charge in [0.15, 0.2) is 23.4 Å². The summed E-state index contributed by atoms with van der Waals surface area (Å²) >= 11 is 0. The summed E-state index contributed by atoms with van der Waals surface area (Å²) in [5, 5.41) is 29.3. The molecule has 1 amide bonds. The highest BCUT2D eigenvalue weighted by Crippen LogP contribution is 2.68. The Morgan fingerprint density at radius 3 is 2.16 bits per heavy atom. The Morgan fingerprint density at radius 1 is 0.773 bits per heavy atom. The first-order valence-corrected chi connectivity index (χ1v) is 30.5. The van der Waals surface area contributed by atoms with E-state index >= 15 is 4.79 Å². The Balaban J connectivity index is 0.000000232. The fraction of sp³-hybridized carbons (Fsp3) is 0.515. The number of benzene rings is 3. The van der Waals surface area contributed by atoms with Gasteiger partial charge in [-0.3, -0.25) is 29.0 Å². The number of ether oxygens (including phenoxy) is 8. The average molecular weight is 1210 g/mol. The number of piperidine rings is 1. The minimum Gasteiger partial charge on any atom is -0.496 e. The van der Waals surface area contributed by atoms with Gasteiger partial charge in [-0.25, -0.2) is 4.79 Å². The second-order valence-electron chi connectivity index (χ2n) is 25.0. The zero-order chi connectivity index (χ0) is 63.0. The van der Waals surface area contributed by atoms with E-state index < -0.39 is 57.5 Å². The van der Waals surface area contributed by atoms with Gasteiger partial charge in [-0.1, -0.05) is 50.3 Å². The van der Waals surface area contributed by atoms with Crippen LogP contribution in [0.2, 0.25) is 0 Å². The molecule has 0 unspecified atom stereocenters. The van der Waals surface area contributed by atoms with Crippen molar-refractivity contribution in [3.63, 3.8) is 0 Å². The van der Waals surface area contributed by atoms with E-state index in [1.165, 1.54) is 41.2 Å². The number of aromatic amines is 1. The predicted molar refractivity (Wildman–Crippen MR) is 330 cm³/mol. The van der Waals surface area contributed by atoms with Gasteiger partial charge in [0.05, 0.1) is 67.5 Å². The molecule has 7 aliphatic rings. The summed E-state index contributed by atoms with van der Waals surface area (Å²) in [6, 6.07) is 17.5. The predicted octanol–water partition coefficient (Wildman–Crippen LogP) is 6.86. The number of aromatic nitrogens is 1. The van der Waals surface area contributed by atoms with Crippen molar-refractivity contribution in [3.8, 4) is 39.9 Å². The monoisotopic (exact) mass is 1210 g/mol. The molecule has 20 heteroatoms. The first-order chi connectivity index (χ1) is 42.2. The summed E-state index contributed by atoms with van der Waals surface area (Å²) in [6.07, 6.45) is 7.21. The average Bonchev–Trinajstić information content (AvgIpc) is 1.44. The highest BCUT2D eigenvalue weighted by Gasteiger charge is 2.80. The normalized spacial score (nSPS) is 29.6. The smallest absolute Gasteiger partial charge is 0.344 e. The fourth-order valence-corrected chi connectivity index (χ4v) is 17.4. The quantitative estimate of drug-likeness (QED) is 0.0567.